The highest BCUT2D eigenvalue weighted by molar-refractivity contribution is 6.33. The number of hydrogen-bond acceptors (Lipinski definition) is 4. The van der Waals surface area contributed by atoms with Crippen LogP contribution in [0.15, 0.2) is 24.3 Å². The Morgan fingerprint density at radius 2 is 2.00 bits per heavy atom. The highest BCUT2D eigenvalue weighted by atomic mass is 16.5. The van der Waals surface area contributed by atoms with Gasteiger partial charge in [-0.2, -0.15) is 0 Å². The van der Waals surface area contributed by atoms with Crippen molar-refractivity contribution in [1.82, 2.24) is 0 Å². The summed E-state index contributed by atoms with van der Waals surface area (Å²) in [5, 5.41) is 8.91. The molecule has 0 aromatic heterocycles. The smallest absolute Gasteiger partial charge is 0.379 e. The second kappa shape index (κ2) is 3.71. The Balaban J connectivity index is 2.65. The fourth-order valence-electron chi connectivity index (χ4n) is 0.678. The van der Waals surface area contributed by atoms with E-state index in [9.17, 15) is 9.59 Å². The molecule has 1 N–H and O–H groups in total. The summed E-state index contributed by atoms with van der Waals surface area (Å²) < 4.78 is 11.3. The number of rotatable bonds is 2. The van der Waals surface area contributed by atoms with Crippen molar-refractivity contribution in [3.05, 3.63) is 24.3 Å². The zero-order chi connectivity index (χ0) is 10.6. The van der Waals surface area contributed by atoms with Gasteiger partial charge in [0.15, 0.2) is 0 Å². The van der Waals surface area contributed by atoms with Gasteiger partial charge >= 0.3 is 5.97 Å². The predicted octanol–water partition coefficient (Wildman–Crippen LogP) is 0.887. The predicted molar refractivity (Wildman–Crippen MR) is 44.4 cm³/mol. The minimum absolute atomic E-state index is 0.0385. The van der Waals surface area contributed by atoms with Gasteiger partial charge in [0, 0.05) is 8.27 Å². The van der Waals surface area contributed by atoms with E-state index in [1.165, 1.54) is 24.3 Å². The Hall–Kier alpha value is -1.84. The van der Waals surface area contributed by atoms with Gasteiger partial charge in [-0.15, -0.1) is 0 Å². The molecule has 0 fully saturated rings. The highest BCUT2D eigenvalue weighted by Gasteiger charge is 2.09. The molecule has 0 aliphatic heterocycles. The third kappa shape index (κ3) is 2.59. The van der Waals surface area contributed by atoms with Crippen molar-refractivity contribution in [1.29, 1.82) is 0 Å². The van der Waals surface area contributed by atoms with Crippen LogP contribution in [0.3, 0.4) is 0 Å². The average molecular weight is 181 g/mol. The molecule has 0 heterocycles. The summed E-state index contributed by atoms with van der Waals surface area (Å²) in [5.41, 5.74) is 0. The lowest BCUT2D eigenvalue weighted by Gasteiger charge is -2.00. The minimum atomic E-state index is -1.06. The van der Waals surface area contributed by atoms with Crippen LogP contribution in [-0.2, 0) is 9.59 Å². The van der Waals surface area contributed by atoms with E-state index in [0.717, 1.165) is 0 Å². The molecule has 0 radical (unpaired) electrons. The Morgan fingerprint density at radius 3 is 2.54 bits per heavy atom. The molecule has 13 heavy (non-hydrogen) atoms. The molecule has 4 nitrogen and oxygen atoms in total. The maximum Gasteiger partial charge on any atom is 0.379 e. The Labute approximate surface area is 76.2 Å². The number of hydrogen-bond donors (Lipinski definition) is 1. The molecular weight excluding hydrogens is 172 g/mol. The summed E-state index contributed by atoms with van der Waals surface area (Å²) in [6, 6.07) is 5.36. The van der Waals surface area contributed by atoms with Crippen LogP contribution in [0, 0.1) is 0 Å². The van der Waals surface area contributed by atoms with Crippen LogP contribution < -0.4 is 4.74 Å². The van der Waals surface area contributed by atoms with Crippen LogP contribution in [0.4, 0.5) is 0 Å². The molecule has 0 aliphatic rings. The quantitative estimate of drug-likeness (QED) is 0.418. The topological polar surface area (TPSA) is 63.6 Å². The summed E-state index contributed by atoms with van der Waals surface area (Å²) in [7, 11) is 0. The number of benzene rings is 1. The van der Waals surface area contributed by atoms with Gasteiger partial charge in [-0.3, -0.25) is 4.79 Å². The molecule has 0 spiro atoms. The molecule has 1 aromatic carbocycles. The van der Waals surface area contributed by atoms with Gasteiger partial charge in [0.05, 0.1) is 0 Å². The number of aromatic hydroxyl groups is 1. The second-order valence-electron chi connectivity index (χ2n) is 2.31. The molecule has 0 bridgehead atoms. The molecule has 0 aliphatic carbocycles. The van der Waals surface area contributed by atoms with Crippen molar-refractivity contribution < 1.29 is 20.8 Å². The van der Waals surface area contributed by atoms with Crippen molar-refractivity contribution in [2.45, 2.75) is 6.90 Å². The Bertz CT molecular complexity index is 344. The number of ether oxygens (including phenoxy) is 1. The summed E-state index contributed by atoms with van der Waals surface area (Å²) in [5.74, 6) is -1.77. The number of phenols is 1. The summed E-state index contributed by atoms with van der Waals surface area (Å²) in [6.45, 7) is -0.628. The lowest BCUT2D eigenvalue weighted by atomic mass is 10.3. The number of esters is 1. The van der Waals surface area contributed by atoms with Crippen molar-refractivity contribution in [3.63, 3.8) is 0 Å². The van der Waals surface area contributed by atoms with Crippen molar-refractivity contribution >= 4 is 11.8 Å². The number of Topliss-reactive ketones (excluding diaryl/α,β-unsaturated/α-hetero) is 1. The van der Waals surface area contributed by atoms with Gasteiger partial charge in [-0.05, 0) is 24.3 Å². The second-order valence-corrected chi connectivity index (χ2v) is 2.31. The third-order valence-electron chi connectivity index (χ3n) is 1.27. The first-order valence-electron chi connectivity index (χ1n) is 4.17. The van der Waals surface area contributed by atoms with E-state index < -0.39 is 18.7 Å². The highest BCUT2D eigenvalue weighted by Crippen LogP contribution is 2.15. The summed E-state index contributed by atoms with van der Waals surface area (Å²) in [6.07, 6.45) is 0. The monoisotopic (exact) mass is 181 g/mol. The van der Waals surface area contributed by atoms with E-state index in [4.69, 9.17) is 6.48 Å². The van der Waals surface area contributed by atoms with Crippen molar-refractivity contribution in [3.8, 4) is 11.5 Å². The molecule has 1 rings (SSSR count). The van der Waals surface area contributed by atoms with E-state index in [1.807, 2.05) is 0 Å². The largest absolute Gasteiger partial charge is 0.508 e. The Morgan fingerprint density at radius 1 is 1.38 bits per heavy atom. The van der Waals surface area contributed by atoms with Crippen LogP contribution in [0.25, 0.3) is 0 Å². The fourth-order valence-corrected chi connectivity index (χ4v) is 0.678. The maximum absolute atomic E-state index is 10.9. The van der Waals surface area contributed by atoms with Crippen molar-refractivity contribution in [2.24, 2.45) is 0 Å². The first-order chi connectivity index (χ1) is 6.63. The van der Waals surface area contributed by atoms with Gasteiger partial charge in [0.25, 0.3) is 0 Å². The van der Waals surface area contributed by atoms with E-state index in [1.54, 1.807) is 0 Å². The number of phenolic OH excluding ortho intramolecular Hbond substituents is 1. The normalized spacial score (nSPS) is 10.3. The average Bonchev–Trinajstić information content (AvgIpc) is 2.20. The zero-order valence-electron chi connectivity index (χ0n) is 7.69. The molecule has 68 valence electrons. The number of ketones is 1. The van der Waals surface area contributed by atoms with Crippen LogP contribution in [0.2, 0.25) is 0 Å². The van der Waals surface area contributed by atoms with Crippen LogP contribution in [0.1, 0.15) is 8.27 Å². The molecule has 1 aromatic rings. The first kappa shape index (κ1) is 7.79. The molecule has 4 heteroatoms. The fraction of sp³-hybridized carbons (Fsp3) is 0.111. The zero-order valence-corrected chi connectivity index (χ0v) is 6.69. The molecule has 0 atom stereocenters. The number of carbonyl (C=O) groups excluding carboxylic acids is 2. The summed E-state index contributed by atoms with van der Waals surface area (Å²) >= 11 is 0. The van der Waals surface area contributed by atoms with Gasteiger partial charge in [-0.25, -0.2) is 4.79 Å². The van der Waals surface area contributed by atoms with Crippen LogP contribution in [-0.4, -0.2) is 16.9 Å². The van der Waals surface area contributed by atoms with E-state index in [-0.39, 0.29) is 11.5 Å². The maximum atomic E-state index is 10.9. The first-order valence-corrected chi connectivity index (χ1v) is 3.47. The van der Waals surface area contributed by atoms with Crippen molar-refractivity contribution in [2.75, 3.05) is 0 Å². The van der Waals surface area contributed by atoms with E-state index >= 15 is 0 Å². The third-order valence-corrected chi connectivity index (χ3v) is 1.27. The van der Waals surface area contributed by atoms with Gasteiger partial charge < -0.3 is 9.84 Å². The van der Waals surface area contributed by atoms with Gasteiger partial charge in [0.1, 0.15) is 11.5 Å². The standard InChI is InChI=1S/C9H8O4/c1-6(10)9(12)13-8-4-2-7(11)3-5-8/h2-5,11H,1H3/i1D. The lowest BCUT2D eigenvalue weighted by Crippen LogP contribution is -2.16. The van der Waals surface area contributed by atoms with Crippen LogP contribution in [0.5, 0.6) is 11.5 Å². The molecular formula is C9H8O4. The minimum Gasteiger partial charge on any atom is -0.508 e. The van der Waals surface area contributed by atoms with Gasteiger partial charge in [0.2, 0.25) is 5.78 Å². The SMILES string of the molecule is [2H]CC(=O)C(=O)Oc1ccc(O)cc1. The molecule has 0 amide bonds. The molecule has 0 unspecified atom stereocenters. The molecule has 0 saturated carbocycles. The lowest BCUT2D eigenvalue weighted by molar-refractivity contribution is -0.146. The van der Waals surface area contributed by atoms with Gasteiger partial charge in [-0.1, -0.05) is 0 Å². The molecule has 0 saturated heterocycles. The van der Waals surface area contributed by atoms with Crippen LogP contribution >= 0.6 is 0 Å². The van der Waals surface area contributed by atoms with E-state index in [0.29, 0.717) is 0 Å². The number of carbonyl (C=O) groups is 2. The van der Waals surface area contributed by atoms with E-state index in [2.05, 4.69) is 4.74 Å². The summed E-state index contributed by atoms with van der Waals surface area (Å²) in [4.78, 5) is 21.5. The Kier molecular flexibility index (Phi) is 2.22.